The van der Waals surface area contributed by atoms with E-state index in [4.69, 9.17) is 11.0 Å². The fourth-order valence-electron chi connectivity index (χ4n) is 1.41. The van der Waals surface area contributed by atoms with E-state index in [1.807, 2.05) is 17.5 Å². The lowest BCUT2D eigenvalue weighted by Gasteiger charge is -2.02. The number of nitrogens with zero attached hydrogens (tertiary/aromatic N) is 1. The van der Waals surface area contributed by atoms with Gasteiger partial charge < -0.3 is 5.73 Å². The zero-order valence-corrected chi connectivity index (χ0v) is 9.03. The van der Waals surface area contributed by atoms with Crippen LogP contribution < -0.4 is 5.73 Å². The second-order valence-electron chi connectivity index (χ2n) is 2.97. The molecule has 0 fully saturated rings. The molecular weight excluding hydrogens is 212 g/mol. The van der Waals surface area contributed by atoms with Gasteiger partial charge in [0.1, 0.15) is 0 Å². The maximum absolute atomic E-state index is 8.62. The van der Waals surface area contributed by atoms with Gasteiger partial charge in [-0.05, 0) is 11.6 Å². The molecule has 2 rings (SSSR count). The quantitative estimate of drug-likeness (QED) is 0.726. The van der Waals surface area contributed by atoms with E-state index in [-0.39, 0.29) is 0 Å². The van der Waals surface area contributed by atoms with Gasteiger partial charge in [-0.2, -0.15) is 5.26 Å². The molecule has 0 spiro atoms. The van der Waals surface area contributed by atoms with Gasteiger partial charge in [0.2, 0.25) is 0 Å². The van der Waals surface area contributed by atoms with Crippen LogP contribution >= 0.6 is 24.0 Å². The van der Waals surface area contributed by atoms with Crippen LogP contribution in [0.3, 0.4) is 0 Å². The third-order valence-corrected chi connectivity index (χ3v) is 3.57. The highest BCUT2D eigenvalue weighted by atomic mass is 32.1. The molecule has 0 unspecified atom stereocenters. The smallest absolute Gasteiger partial charge is 0.0670 e. The molecule has 0 saturated carbocycles. The molecule has 0 aliphatic rings. The Bertz CT molecular complexity index is 523. The van der Waals surface area contributed by atoms with Crippen LogP contribution in [0.2, 0.25) is 0 Å². The Balaban J connectivity index is 2.74. The molecule has 4 heteroatoms. The minimum atomic E-state index is 0.379. The monoisotopic (exact) mass is 220 g/mol. The van der Waals surface area contributed by atoms with E-state index in [9.17, 15) is 0 Å². The van der Waals surface area contributed by atoms with Crippen molar-refractivity contribution in [2.45, 2.75) is 11.3 Å². The first-order valence-electron chi connectivity index (χ1n) is 4.08. The topological polar surface area (TPSA) is 49.8 Å². The molecule has 2 aromatic rings. The number of nitrogens with two attached hydrogens (primary N) is 1. The van der Waals surface area contributed by atoms with Gasteiger partial charge in [0.05, 0.1) is 18.2 Å². The summed E-state index contributed by atoms with van der Waals surface area (Å²) < 4.78 is 1.12. The van der Waals surface area contributed by atoms with Crippen LogP contribution in [0, 0.1) is 11.3 Å². The van der Waals surface area contributed by atoms with Gasteiger partial charge >= 0.3 is 0 Å². The van der Waals surface area contributed by atoms with E-state index in [1.54, 1.807) is 11.3 Å². The lowest BCUT2D eigenvalue weighted by Crippen LogP contribution is -1.87. The molecule has 14 heavy (non-hydrogen) atoms. The summed E-state index contributed by atoms with van der Waals surface area (Å²) in [5.74, 6) is 0. The van der Waals surface area contributed by atoms with Gasteiger partial charge in [0, 0.05) is 20.4 Å². The standard InChI is InChI=1S/C10H8N2S2/c11-4-3-6-1-2-8-9(10(6)13)7(12)5-14-8/h1-2,5,13H,3,12H2. The van der Waals surface area contributed by atoms with Crippen molar-refractivity contribution in [2.24, 2.45) is 0 Å². The Labute approximate surface area is 91.4 Å². The van der Waals surface area contributed by atoms with Gasteiger partial charge in [-0.3, -0.25) is 0 Å². The van der Waals surface area contributed by atoms with Crippen LogP contribution in [0.5, 0.6) is 0 Å². The van der Waals surface area contributed by atoms with Crippen molar-refractivity contribution in [3.8, 4) is 6.07 Å². The van der Waals surface area contributed by atoms with E-state index in [0.717, 1.165) is 26.2 Å². The Morgan fingerprint density at radius 1 is 1.50 bits per heavy atom. The van der Waals surface area contributed by atoms with Crippen LogP contribution in [0.4, 0.5) is 5.69 Å². The fourth-order valence-corrected chi connectivity index (χ4v) is 2.74. The maximum atomic E-state index is 8.62. The number of rotatable bonds is 1. The van der Waals surface area contributed by atoms with Crippen LogP contribution in [-0.4, -0.2) is 0 Å². The highest BCUT2D eigenvalue weighted by Gasteiger charge is 2.08. The van der Waals surface area contributed by atoms with Crippen LogP contribution in [0.25, 0.3) is 10.1 Å². The van der Waals surface area contributed by atoms with E-state index in [1.165, 1.54) is 0 Å². The second-order valence-corrected chi connectivity index (χ2v) is 4.33. The summed E-state index contributed by atoms with van der Waals surface area (Å²) in [6, 6.07) is 6.04. The number of fused-ring (bicyclic) bond motifs is 1. The lowest BCUT2D eigenvalue weighted by molar-refractivity contribution is 1.21. The molecule has 0 aliphatic carbocycles. The van der Waals surface area contributed by atoms with E-state index >= 15 is 0 Å². The number of thiol groups is 1. The third kappa shape index (κ3) is 1.35. The number of thiophene rings is 1. The van der Waals surface area contributed by atoms with Gasteiger partial charge in [-0.1, -0.05) is 6.07 Å². The predicted octanol–water partition coefficient (Wildman–Crippen LogP) is 2.84. The zero-order chi connectivity index (χ0) is 10.1. The van der Waals surface area contributed by atoms with Crippen molar-refractivity contribution in [3.63, 3.8) is 0 Å². The van der Waals surface area contributed by atoms with Crippen molar-refractivity contribution in [2.75, 3.05) is 5.73 Å². The molecule has 0 atom stereocenters. The number of anilines is 1. The number of nitriles is 1. The van der Waals surface area contributed by atoms with Crippen LogP contribution in [0.1, 0.15) is 5.56 Å². The van der Waals surface area contributed by atoms with Gasteiger partial charge in [0.15, 0.2) is 0 Å². The summed E-state index contributed by atoms with van der Waals surface area (Å²) in [5, 5.41) is 11.5. The molecular formula is C10H8N2S2. The molecule has 2 N–H and O–H groups in total. The summed E-state index contributed by atoms with van der Waals surface area (Å²) in [4.78, 5) is 0.836. The average Bonchev–Trinajstić information content (AvgIpc) is 2.54. The Morgan fingerprint density at radius 3 is 3.00 bits per heavy atom. The molecule has 0 saturated heterocycles. The maximum Gasteiger partial charge on any atom is 0.0670 e. The molecule has 0 amide bonds. The first-order chi connectivity index (χ1) is 6.74. The molecule has 2 nitrogen and oxygen atoms in total. The van der Waals surface area contributed by atoms with E-state index in [2.05, 4.69) is 18.7 Å². The molecule has 0 radical (unpaired) electrons. The van der Waals surface area contributed by atoms with Gasteiger partial charge in [-0.25, -0.2) is 0 Å². The summed E-state index contributed by atoms with van der Waals surface area (Å²) in [6.45, 7) is 0. The summed E-state index contributed by atoms with van der Waals surface area (Å²) >= 11 is 6.01. The van der Waals surface area contributed by atoms with Crippen LogP contribution in [0.15, 0.2) is 22.4 Å². The summed E-state index contributed by atoms with van der Waals surface area (Å²) in [6.07, 6.45) is 0.379. The number of nitrogen functional groups attached to an aromatic ring is 1. The number of hydrogen-bond acceptors (Lipinski definition) is 4. The lowest BCUT2D eigenvalue weighted by atomic mass is 10.1. The fraction of sp³-hybridized carbons (Fsp3) is 0.100. The van der Waals surface area contributed by atoms with E-state index in [0.29, 0.717) is 6.42 Å². The number of benzene rings is 1. The largest absolute Gasteiger partial charge is 0.398 e. The average molecular weight is 220 g/mol. The van der Waals surface area contributed by atoms with Gasteiger partial charge in [0.25, 0.3) is 0 Å². The molecule has 1 heterocycles. The molecule has 1 aromatic carbocycles. The molecule has 0 bridgehead atoms. The first kappa shape index (κ1) is 9.38. The highest BCUT2D eigenvalue weighted by molar-refractivity contribution is 7.80. The second kappa shape index (κ2) is 3.52. The van der Waals surface area contributed by atoms with Crippen molar-refractivity contribution in [3.05, 3.63) is 23.1 Å². The summed E-state index contributed by atoms with van der Waals surface area (Å²) in [5.41, 5.74) is 7.50. The molecule has 0 aliphatic heterocycles. The highest BCUT2D eigenvalue weighted by Crippen LogP contribution is 2.35. The Kier molecular flexibility index (Phi) is 2.36. The van der Waals surface area contributed by atoms with Crippen molar-refractivity contribution in [1.29, 1.82) is 5.26 Å². The molecule has 70 valence electrons. The third-order valence-electron chi connectivity index (χ3n) is 2.09. The Morgan fingerprint density at radius 2 is 2.29 bits per heavy atom. The zero-order valence-electron chi connectivity index (χ0n) is 7.32. The van der Waals surface area contributed by atoms with E-state index < -0.39 is 0 Å². The van der Waals surface area contributed by atoms with Crippen LogP contribution in [-0.2, 0) is 6.42 Å². The first-order valence-corrected chi connectivity index (χ1v) is 5.41. The molecule has 1 aromatic heterocycles. The normalized spacial score (nSPS) is 10.3. The summed E-state index contributed by atoms with van der Waals surface area (Å²) in [7, 11) is 0. The number of hydrogen-bond donors (Lipinski definition) is 2. The SMILES string of the molecule is N#CCc1ccc2scc(N)c2c1S. The van der Waals surface area contributed by atoms with Gasteiger partial charge in [-0.15, -0.1) is 24.0 Å². The van der Waals surface area contributed by atoms with Crippen molar-refractivity contribution >= 4 is 39.7 Å². The predicted molar refractivity (Wildman–Crippen MR) is 62.8 cm³/mol. The minimum Gasteiger partial charge on any atom is -0.398 e. The minimum absolute atomic E-state index is 0.379. The van der Waals surface area contributed by atoms with Crippen molar-refractivity contribution < 1.29 is 0 Å². The van der Waals surface area contributed by atoms with Crippen molar-refractivity contribution in [1.82, 2.24) is 0 Å². The Hall–Kier alpha value is -1.18.